The number of carbonyl (C=O) groups is 1. The van der Waals surface area contributed by atoms with Gasteiger partial charge in [-0.05, 0) is 59.7 Å². The number of amides is 1. The maximum Gasteiger partial charge on any atom is 0.307 e. The van der Waals surface area contributed by atoms with Gasteiger partial charge in [-0.15, -0.1) is 0 Å². The molecular formula is C24H17BrClN3O6. The second kappa shape index (κ2) is 10.6. The second-order valence-electron chi connectivity index (χ2n) is 7.24. The Kier molecular flexibility index (Phi) is 7.33. The fraction of sp³-hybridized carbons (Fsp3) is 0.0833. The molecule has 0 spiro atoms. The summed E-state index contributed by atoms with van der Waals surface area (Å²) in [5, 5.41) is 15.8. The minimum Gasteiger partial charge on any atom is -0.493 e. The van der Waals surface area contributed by atoms with Crippen LogP contribution in [0.1, 0.15) is 21.7 Å². The van der Waals surface area contributed by atoms with Crippen molar-refractivity contribution in [2.24, 2.45) is 5.10 Å². The van der Waals surface area contributed by atoms with Crippen LogP contribution in [0.2, 0.25) is 5.02 Å². The fourth-order valence-electron chi connectivity index (χ4n) is 3.17. The van der Waals surface area contributed by atoms with Crippen LogP contribution < -0.4 is 14.9 Å². The second-order valence-corrected chi connectivity index (χ2v) is 8.56. The Labute approximate surface area is 212 Å². The number of halogens is 2. The molecule has 0 radical (unpaired) electrons. The zero-order valence-corrected chi connectivity index (χ0v) is 20.5. The summed E-state index contributed by atoms with van der Waals surface area (Å²) in [5.41, 5.74) is 4.28. The third kappa shape index (κ3) is 5.79. The molecule has 0 saturated heterocycles. The number of benzene rings is 3. The van der Waals surface area contributed by atoms with Crippen molar-refractivity contribution in [3.63, 3.8) is 0 Å². The maximum absolute atomic E-state index is 12.4. The van der Waals surface area contributed by atoms with Crippen molar-refractivity contribution in [3.05, 3.63) is 97.2 Å². The van der Waals surface area contributed by atoms with Crippen molar-refractivity contribution in [1.82, 2.24) is 5.43 Å². The van der Waals surface area contributed by atoms with Crippen molar-refractivity contribution < 1.29 is 23.6 Å². The summed E-state index contributed by atoms with van der Waals surface area (Å²) in [5.74, 6) is 0.285. The third-order valence-electron chi connectivity index (χ3n) is 4.86. The number of non-ortho nitro benzene ring substituents is 1. The molecule has 0 unspecified atom stereocenters. The molecule has 178 valence electrons. The monoisotopic (exact) mass is 557 g/mol. The van der Waals surface area contributed by atoms with E-state index in [1.165, 1.54) is 25.5 Å². The van der Waals surface area contributed by atoms with Gasteiger partial charge in [-0.1, -0.05) is 27.5 Å². The van der Waals surface area contributed by atoms with Gasteiger partial charge >= 0.3 is 5.91 Å². The van der Waals surface area contributed by atoms with Gasteiger partial charge in [-0.25, -0.2) is 5.43 Å². The fourth-order valence-corrected chi connectivity index (χ4v) is 3.82. The largest absolute Gasteiger partial charge is 0.493 e. The van der Waals surface area contributed by atoms with E-state index in [9.17, 15) is 14.9 Å². The zero-order valence-electron chi connectivity index (χ0n) is 18.2. The number of hydrogen-bond acceptors (Lipinski definition) is 7. The Hall–Kier alpha value is -3.89. The van der Waals surface area contributed by atoms with Crippen LogP contribution >= 0.6 is 27.5 Å². The first-order valence-electron chi connectivity index (χ1n) is 10.1. The van der Waals surface area contributed by atoms with Crippen molar-refractivity contribution in [2.75, 3.05) is 7.11 Å². The molecule has 0 aliphatic heterocycles. The minimum absolute atomic E-state index is 0.00603. The molecule has 1 N–H and O–H groups in total. The molecule has 1 heterocycles. The number of nitrogens with zero attached hydrogens (tertiary/aromatic N) is 2. The van der Waals surface area contributed by atoms with E-state index in [-0.39, 0.29) is 23.1 Å². The number of ether oxygens (including phenoxy) is 2. The summed E-state index contributed by atoms with van der Waals surface area (Å²) in [6.45, 7) is 0.131. The van der Waals surface area contributed by atoms with Crippen LogP contribution in [0.3, 0.4) is 0 Å². The third-order valence-corrected chi connectivity index (χ3v) is 5.64. The van der Waals surface area contributed by atoms with Gasteiger partial charge in [0.2, 0.25) is 0 Å². The minimum atomic E-state index is -0.505. The van der Waals surface area contributed by atoms with Crippen molar-refractivity contribution >= 4 is 56.3 Å². The molecule has 0 saturated carbocycles. The highest BCUT2D eigenvalue weighted by Gasteiger charge is 2.14. The first-order valence-corrected chi connectivity index (χ1v) is 11.3. The first-order chi connectivity index (χ1) is 16.8. The van der Waals surface area contributed by atoms with Gasteiger partial charge in [0, 0.05) is 22.0 Å². The van der Waals surface area contributed by atoms with Crippen LogP contribution in [0.15, 0.2) is 74.7 Å². The summed E-state index contributed by atoms with van der Waals surface area (Å²) in [4.78, 5) is 22.7. The smallest absolute Gasteiger partial charge is 0.307 e. The lowest BCUT2D eigenvalue weighted by molar-refractivity contribution is -0.384. The Morgan fingerprint density at radius 2 is 1.97 bits per heavy atom. The Morgan fingerprint density at radius 1 is 1.20 bits per heavy atom. The van der Waals surface area contributed by atoms with Crippen molar-refractivity contribution in [3.8, 4) is 11.5 Å². The topological polar surface area (TPSA) is 116 Å². The number of hydrazone groups is 1. The van der Waals surface area contributed by atoms with Crippen LogP contribution in [0.25, 0.3) is 11.0 Å². The molecule has 0 atom stereocenters. The lowest BCUT2D eigenvalue weighted by atomic mass is 10.2. The summed E-state index contributed by atoms with van der Waals surface area (Å²) in [6, 6.07) is 16.3. The lowest BCUT2D eigenvalue weighted by Gasteiger charge is -2.13. The molecule has 1 aromatic heterocycles. The number of hydrogen-bond donors (Lipinski definition) is 1. The average molecular weight is 559 g/mol. The average Bonchev–Trinajstić information content (AvgIpc) is 3.26. The molecule has 4 aromatic rings. The first kappa shape index (κ1) is 24.2. The molecule has 35 heavy (non-hydrogen) atoms. The van der Waals surface area contributed by atoms with Gasteiger partial charge in [0.15, 0.2) is 17.3 Å². The number of methoxy groups -OCH3 is 1. The molecule has 3 aromatic carbocycles. The Morgan fingerprint density at radius 3 is 2.69 bits per heavy atom. The molecular weight excluding hydrogens is 542 g/mol. The summed E-state index contributed by atoms with van der Waals surface area (Å²) in [6.07, 6.45) is 1.41. The van der Waals surface area contributed by atoms with Crippen molar-refractivity contribution in [1.29, 1.82) is 0 Å². The van der Waals surface area contributed by atoms with Gasteiger partial charge < -0.3 is 13.9 Å². The van der Waals surface area contributed by atoms with E-state index in [0.29, 0.717) is 22.6 Å². The van der Waals surface area contributed by atoms with Crippen LogP contribution in [-0.2, 0) is 6.61 Å². The summed E-state index contributed by atoms with van der Waals surface area (Å²) >= 11 is 9.76. The number of nitro benzene ring substituents is 1. The molecule has 4 rings (SSSR count). The molecule has 9 nitrogen and oxygen atoms in total. The zero-order chi connectivity index (χ0) is 24.9. The maximum atomic E-state index is 12.4. The molecule has 0 aliphatic carbocycles. The molecule has 1 amide bonds. The molecule has 0 aliphatic rings. The van der Waals surface area contributed by atoms with Crippen LogP contribution in [-0.4, -0.2) is 24.2 Å². The van der Waals surface area contributed by atoms with Crippen LogP contribution in [0.5, 0.6) is 11.5 Å². The summed E-state index contributed by atoms with van der Waals surface area (Å²) < 4.78 is 17.6. The van der Waals surface area contributed by atoms with Crippen LogP contribution in [0.4, 0.5) is 5.69 Å². The number of carbonyl (C=O) groups excluding carboxylic acids is 1. The lowest BCUT2D eigenvalue weighted by Crippen LogP contribution is -2.16. The highest BCUT2D eigenvalue weighted by Crippen LogP contribution is 2.36. The Balaban J connectivity index is 1.42. The molecule has 0 fully saturated rings. The number of fused-ring (bicyclic) bond motifs is 1. The van der Waals surface area contributed by atoms with E-state index in [1.54, 1.807) is 36.4 Å². The number of rotatable bonds is 8. The standard InChI is InChI=1S/C24H17BrClN3O6/c1-33-21-9-15(8-19(26)23(21)34-13-14-2-5-18(6-3-14)29(31)32)12-27-28-24(30)22-11-16-10-17(25)4-7-20(16)35-22/h2-12H,13H2,1H3,(H,28,30)/b27-12+. The SMILES string of the molecule is COc1cc(/C=N/NC(=O)c2cc3cc(Br)ccc3o2)cc(Cl)c1OCc1ccc([N+](=O)[O-])cc1. The van der Waals surface area contributed by atoms with E-state index in [4.69, 9.17) is 25.5 Å². The highest BCUT2D eigenvalue weighted by atomic mass is 79.9. The van der Waals surface area contributed by atoms with E-state index in [2.05, 4.69) is 26.5 Å². The van der Waals surface area contributed by atoms with Gasteiger partial charge in [0.05, 0.1) is 23.3 Å². The molecule has 11 heteroatoms. The van der Waals surface area contributed by atoms with E-state index >= 15 is 0 Å². The van der Waals surface area contributed by atoms with Gasteiger partial charge in [-0.2, -0.15) is 5.10 Å². The Bertz CT molecular complexity index is 1440. The summed E-state index contributed by atoms with van der Waals surface area (Å²) in [7, 11) is 1.47. The quantitative estimate of drug-likeness (QED) is 0.158. The predicted octanol–water partition coefficient (Wildman–Crippen LogP) is 6.11. The highest BCUT2D eigenvalue weighted by molar-refractivity contribution is 9.10. The van der Waals surface area contributed by atoms with E-state index < -0.39 is 10.8 Å². The number of nitrogens with one attached hydrogen (secondary N) is 1. The number of nitro groups is 1. The van der Waals surface area contributed by atoms with Crippen LogP contribution in [0, 0.1) is 10.1 Å². The van der Waals surface area contributed by atoms with Crippen molar-refractivity contribution in [2.45, 2.75) is 6.61 Å². The van der Waals surface area contributed by atoms with Gasteiger partial charge in [0.1, 0.15) is 12.2 Å². The van der Waals surface area contributed by atoms with E-state index in [0.717, 1.165) is 15.4 Å². The number of furan rings is 1. The van der Waals surface area contributed by atoms with Gasteiger partial charge in [0.25, 0.3) is 5.69 Å². The normalized spacial score (nSPS) is 11.1. The van der Waals surface area contributed by atoms with Gasteiger partial charge in [-0.3, -0.25) is 14.9 Å². The molecule has 0 bridgehead atoms. The van der Waals surface area contributed by atoms with E-state index in [1.807, 2.05) is 12.1 Å². The predicted molar refractivity (Wildman–Crippen MR) is 134 cm³/mol.